The van der Waals surface area contributed by atoms with Gasteiger partial charge in [0.25, 0.3) is 0 Å². The van der Waals surface area contributed by atoms with Crippen LogP contribution in [0.15, 0.2) is 0 Å². The average molecular weight is 200 g/mol. The van der Waals surface area contributed by atoms with Gasteiger partial charge in [-0.2, -0.15) is 11.8 Å². The predicted molar refractivity (Wildman–Crippen MR) is 59.4 cm³/mol. The monoisotopic (exact) mass is 200 g/mol. The van der Waals surface area contributed by atoms with Crippen molar-refractivity contribution in [3.05, 3.63) is 0 Å². The van der Waals surface area contributed by atoms with Crippen molar-refractivity contribution in [2.45, 2.75) is 31.1 Å². The molecule has 13 heavy (non-hydrogen) atoms. The number of hydrogen-bond donors (Lipinski definition) is 1. The minimum atomic E-state index is 0.473. The van der Waals surface area contributed by atoms with E-state index in [-0.39, 0.29) is 0 Å². The predicted octanol–water partition coefficient (Wildman–Crippen LogP) is 1.18. The van der Waals surface area contributed by atoms with E-state index in [0.29, 0.717) is 4.75 Å². The van der Waals surface area contributed by atoms with Gasteiger partial charge in [-0.3, -0.25) is 4.90 Å². The van der Waals surface area contributed by atoms with Gasteiger partial charge in [0.05, 0.1) is 0 Å². The van der Waals surface area contributed by atoms with E-state index in [1.807, 2.05) is 0 Å². The van der Waals surface area contributed by atoms with Crippen molar-refractivity contribution in [1.29, 1.82) is 0 Å². The highest BCUT2D eigenvalue weighted by atomic mass is 32.2. The van der Waals surface area contributed by atoms with E-state index in [4.69, 9.17) is 0 Å². The van der Waals surface area contributed by atoms with Crippen LogP contribution in [0.1, 0.15) is 20.3 Å². The Kier molecular flexibility index (Phi) is 2.86. The Morgan fingerprint density at radius 2 is 2.31 bits per heavy atom. The number of thioether (sulfide) groups is 1. The number of rotatable bonds is 1. The van der Waals surface area contributed by atoms with E-state index < -0.39 is 0 Å². The summed E-state index contributed by atoms with van der Waals surface area (Å²) in [4.78, 5) is 2.68. The lowest BCUT2D eigenvalue weighted by Crippen LogP contribution is -2.48. The van der Waals surface area contributed by atoms with Gasteiger partial charge in [-0.15, -0.1) is 0 Å². The summed E-state index contributed by atoms with van der Waals surface area (Å²) >= 11 is 2.12. The molecule has 3 heteroatoms. The number of nitrogens with one attached hydrogen (secondary N) is 1. The van der Waals surface area contributed by atoms with Gasteiger partial charge in [0.1, 0.15) is 0 Å². The molecule has 2 aliphatic rings. The molecule has 2 saturated heterocycles. The van der Waals surface area contributed by atoms with Crippen LogP contribution in [-0.2, 0) is 0 Å². The molecule has 0 aromatic heterocycles. The van der Waals surface area contributed by atoms with E-state index in [1.165, 1.54) is 38.4 Å². The Morgan fingerprint density at radius 1 is 1.46 bits per heavy atom. The summed E-state index contributed by atoms with van der Waals surface area (Å²) in [6.07, 6.45) is 1.35. The number of nitrogens with zero attached hydrogens (tertiary/aromatic N) is 1. The van der Waals surface area contributed by atoms with Crippen molar-refractivity contribution in [3.8, 4) is 0 Å². The molecule has 2 fully saturated rings. The maximum absolute atomic E-state index is 3.45. The largest absolute Gasteiger partial charge is 0.315 e. The van der Waals surface area contributed by atoms with Crippen LogP contribution in [0, 0.1) is 0 Å². The van der Waals surface area contributed by atoms with Crippen LogP contribution < -0.4 is 5.32 Å². The molecule has 0 aromatic carbocycles. The highest BCUT2D eigenvalue weighted by molar-refractivity contribution is 8.00. The summed E-state index contributed by atoms with van der Waals surface area (Å²) in [7, 11) is 0. The molecule has 1 atom stereocenters. The maximum Gasteiger partial charge on any atom is 0.0233 e. The molecule has 2 rings (SSSR count). The summed E-state index contributed by atoms with van der Waals surface area (Å²) in [6.45, 7) is 9.72. The molecule has 0 radical (unpaired) electrons. The smallest absolute Gasteiger partial charge is 0.0233 e. The highest BCUT2D eigenvalue weighted by Crippen LogP contribution is 2.31. The highest BCUT2D eigenvalue weighted by Gasteiger charge is 2.31. The minimum absolute atomic E-state index is 0.473. The second kappa shape index (κ2) is 3.79. The zero-order chi connectivity index (χ0) is 9.31. The summed E-state index contributed by atoms with van der Waals surface area (Å²) in [5, 5.41) is 3.45. The van der Waals surface area contributed by atoms with Crippen LogP contribution in [0.4, 0.5) is 0 Å². The molecule has 0 aliphatic carbocycles. The Bertz CT molecular complexity index is 176. The molecule has 0 bridgehead atoms. The third-order valence-electron chi connectivity index (χ3n) is 3.01. The first-order valence-electron chi connectivity index (χ1n) is 5.26. The molecule has 1 unspecified atom stereocenters. The first-order chi connectivity index (χ1) is 6.17. The number of hydrogen-bond acceptors (Lipinski definition) is 3. The zero-order valence-electron chi connectivity index (χ0n) is 8.68. The van der Waals surface area contributed by atoms with Gasteiger partial charge >= 0.3 is 0 Å². The van der Waals surface area contributed by atoms with Crippen molar-refractivity contribution in [1.82, 2.24) is 10.2 Å². The van der Waals surface area contributed by atoms with E-state index in [2.05, 4.69) is 35.8 Å². The fourth-order valence-corrected chi connectivity index (χ4v) is 3.45. The van der Waals surface area contributed by atoms with Crippen molar-refractivity contribution >= 4 is 11.8 Å². The van der Waals surface area contributed by atoms with Gasteiger partial charge in [-0.1, -0.05) is 0 Å². The molecule has 0 saturated carbocycles. The Morgan fingerprint density at radius 3 is 2.92 bits per heavy atom. The van der Waals surface area contributed by atoms with Gasteiger partial charge in [-0.25, -0.2) is 0 Å². The van der Waals surface area contributed by atoms with E-state index in [1.54, 1.807) is 0 Å². The second-order valence-electron chi connectivity index (χ2n) is 4.73. The Balaban J connectivity index is 1.91. The van der Waals surface area contributed by atoms with Crippen LogP contribution in [0.25, 0.3) is 0 Å². The fourth-order valence-electron chi connectivity index (χ4n) is 2.32. The van der Waals surface area contributed by atoms with E-state index >= 15 is 0 Å². The van der Waals surface area contributed by atoms with Gasteiger partial charge in [0.2, 0.25) is 0 Å². The molecule has 76 valence electrons. The van der Waals surface area contributed by atoms with Crippen molar-refractivity contribution in [3.63, 3.8) is 0 Å². The summed E-state index contributed by atoms with van der Waals surface area (Å²) in [6, 6.07) is 0.820. The molecular formula is C10H20N2S. The first kappa shape index (κ1) is 9.81. The molecule has 0 spiro atoms. The maximum atomic E-state index is 3.45. The molecule has 1 N–H and O–H groups in total. The topological polar surface area (TPSA) is 15.3 Å². The summed E-state index contributed by atoms with van der Waals surface area (Å²) < 4.78 is 0.473. The molecule has 2 heterocycles. The summed E-state index contributed by atoms with van der Waals surface area (Å²) in [5.41, 5.74) is 0. The Hall–Kier alpha value is 0.270. The molecule has 0 aromatic rings. The van der Waals surface area contributed by atoms with Crippen molar-refractivity contribution < 1.29 is 0 Å². The molecule has 0 amide bonds. The second-order valence-corrected chi connectivity index (χ2v) is 6.53. The van der Waals surface area contributed by atoms with Gasteiger partial charge in [-0.05, 0) is 26.8 Å². The third kappa shape index (κ3) is 2.39. The van der Waals surface area contributed by atoms with Crippen LogP contribution in [0.3, 0.4) is 0 Å². The standard InChI is InChI=1S/C10H20N2S/c1-10(2)8-12(5-6-13-10)9-3-4-11-7-9/h9,11H,3-8H2,1-2H3. The van der Waals surface area contributed by atoms with Gasteiger partial charge in [0, 0.05) is 36.2 Å². The molecule has 2 aliphatic heterocycles. The van der Waals surface area contributed by atoms with Crippen molar-refractivity contribution in [2.75, 3.05) is 31.9 Å². The lowest BCUT2D eigenvalue weighted by molar-refractivity contribution is 0.199. The van der Waals surface area contributed by atoms with Crippen LogP contribution in [0.5, 0.6) is 0 Å². The lowest BCUT2D eigenvalue weighted by Gasteiger charge is -2.40. The van der Waals surface area contributed by atoms with Crippen LogP contribution in [0.2, 0.25) is 0 Å². The molecule has 2 nitrogen and oxygen atoms in total. The van der Waals surface area contributed by atoms with Crippen molar-refractivity contribution in [2.24, 2.45) is 0 Å². The first-order valence-corrected chi connectivity index (χ1v) is 6.25. The van der Waals surface area contributed by atoms with E-state index in [9.17, 15) is 0 Å². The SMILES string of the molecule is CC1(C)CN(C2CCNC2)CCS1. The van der Waals surface area contributed by atoms with Crippen LogP contribution in [-0.4, -0.2) is 47.6 Å². The van der Waals surface area contributed by atoms with Gasteiger partial charge in [0.15, 0.2) is 0 Å². The van der Waals surface area contributed by atoms with Crippen LogP contribution >= 0.6 is 11.8 Å². The summed E-state index contributed by atoms with van der Waals surface area (Å²) in [5.74, 6) is 1.31. The lowest BCUT2D eigenvalue weighted by atomic mass is 10.1. The zero-order valence-corrected chi connectivity index (χ0v) is 9.49. The quantitative estimate of drug-likeness (QED) is 0.684. The Labute approximate surface area is 85.4 Å². The normalized spacial score (nSPS) is 35.1. The average Bonchev–Trinajstić information content (AvgIpc) is 2.53. The van der Waals surface area contributed by atoms with Gasteiger partial charge < -0.3 is 5.32 Å². The van der Waals surface area contributed by atoms with E-state index in [0.717, 1.165) is 6.04 Å². The third-order valence-corrected chi connectivity index (χ3v) is 4.30. The fraction of sp³-hybridized carbons (Fsp3) is 1.00. The molecular weight excluding hydrogens is 180 g/mol. The minimum Gasteiger partial charge on any atom is -0.315 e.